The van der Waals surface area contributed by atoms with Crippen molar-refractivity contribution in [2.24, 2.45) is 0 Å². The van der Waals surface area contributed by atoms with Gasteiger partial charge in [-0.15, -0.1) is 0 Å². The summed E-state index contributed by atoms with van der Waals surface area (Å²) in [5.74, 6) is 0.582. The summed E-state index contributed by atoms with van der Waals surface area (Å²) in [7, 11) is 2.11. The quantitative estimate of drug-likeness (QED) is 0.570. The van der Waals surface area contributed by atoms with Crippen LogP contribution < -0.4 is 4.90 Å². The van der Waals surface area contributed by atoms with Gasteiger partial charge in [-0.3, -0.25) is 0 Å². The first-order valence-corrected chi connectivity index (χ1v) is 4.86. The lowest BCUT2D eigenvalue weighted by Crippen LogP contribution is -2.32. The smallest absolute Gasteiger partial charge is 0.0642 e. The Kier molecular flexibility index (Phi) is 1.32. The van der Waals surface area contributed by atoms with Crippen LogP contribution >= 0.6 is 11.6 Å². The first-order valence-electron chi connectivity index (χ1n) is 4.48. The molecule has 2 atom stereocenters. The fourth-order valence-corrected chi connectivity index (χ4v) is 2.62. The third kappa shape index (κ3) is 0.781. The molecular formula is C11H10ClN. The lowest BCUT2D eigenvalue weighted by atomic mass is 9.86. The summed E-state index contributed by atoms with van der Waals surface area (Å²) in [6, 6.07) is 6.71. The van der Waals surface area contributed by atoms with Gasteiger partial charge < -0.3 is 4.90 Å². The van der Waals surface area contributed by atoms with E-state index in [4.69, 9.17) is 11.6 Å². The fraction of sp³-hybridized carbons (Fsp3) is 0.273. The van der Waals surface area contributed by atoms with E-state index < -0.39 is 0 Å². The van der Waals surface area contributed by atoms with Gasteiger partial charge in [-0.25, -0.2) is 0 Å². The molecule has 0 spiro atoms. The van der Waals surface area contributed by atoms with Gasteiger partial charge in [0.15, 0.2) is 0 Å². The van der Waals surface area contributed by atoms with E-state index in [1.807, 2.05) is 12.1 Å². The molecule has 0 bridgehead atoms. The summed E-state index contributed by atoms with van der Waals surface area (Å²) in [6.07, 6.45) is 4.49. The number of para-hydroxylation sites is 1. The van der Waals surface area contributed by atoms with Crippen molar-refractivity contribution >= 4 is 17.3 Å². The zero-order chi connectivity index (χ0) is 9.00. The van der Waals surface area contributed by atoms with Crippen LogP contribution in [0.15, 0.2) is 30.4 Å². The van der Waals surface area contributed by atoms with Gasteiger partial charge in [-0.05, 0) is 11.6 Å². The van der Waals surface area contributed by atoms with E-state index >= 15 is 0 Å². The Balaban J connectivity index is 2.24. The highest BCUT2D eigenvalue weighted by atomic mass is 35.5. The van der Waals surface area contributed by atoms with Crippen molar-refractivity contribution in [2.75, 3.05) is 11.9 Å². The molecule has 1 heterocycles. The van der Waals surface area contributed by atoms with Crippen LogP contribution in [0.5, 0.6) is 0 Å². The van der Waals surface area contributed by atoms with Crippen molar-refractivity contribution in [3.63, 3.8) is 0 Å². The molecule has 2 heteroatoms. The molecule has 0 saturated carbocycles. The summed E-state index contributed by atoms with van der Waals surface area (Å²) in [5.41, 5.74) is 2.59. The van der Waals surface area contributed by atoms with Gasteiger partial charge in [-0.1, -0.05) is 35.9 Å². The molecule has 0 saturated heterocycles. The molecule has 1 nitrogen and oxygen atoms in total. The number of hydrogen-bond acceptors (Lipinski definition) is 1. The molecule has 0 aromatic heterocycles. The summed E-state index contributed by atoms with van der Waals surface area (Å²) in [4.78, 5) is 2.27. The Morgan fingerprint density at radius 1 is 1.31 bits per heavy atom. The molecule has 13 heavy (non-hydrogen) atoms. The van der Waals surface area contributed by atoms with E-state index in [2.05, 4.69) is 30.2 Å². The van der Waals surface area contributed by atoms with Crippen LogP contribution in [0.25, 0.3) is 0 Å². The number of fused-ring (bicyclic) bond motifs is 3. The molecule has 1 aromatic carbocycles. The van der Waals surface area contributed by atoms with Gasteiger partial charge in [0.05, 0.1) is 16.8 Å². The number of hydrogen-bond donors (Lipinski definition) is 0. The Morgan fingerprint density at radius 2 is 2.15 bits per heavy atom. The minimum atomic E-state index is 0.551. The van der Waals surface area contributed by atoms with E-state index in [0.29, 0.717) is 12.0 Å². The summed E-state index contributed by atoms with van der Waals surface area (Å²) >= 11 is 6.15. The maximum absolute atomic E-state index is 6.15. The second-order valence-corrected chi connectivity index (χ2v) is 4.10. The molecule has 66 valence electrons. The number of anilines is 1. The Labute approximate surface area is 82.6 Å². The maximum Gasteiger partial charge on any atom is 0.0642 e. The van der Waals surface area contributed by atoms with Crippen LogP contribution in [-0.4, -0.2) is 13.1 Å². The van der Waals surface area contributed by atoms with E-state index in [1.165, 1.54) is 11.3 Å². The van der Waals surface area contributed by atoms with Crippen molar-refractivity contribution in [3.05, 3.63) is 40.9 Å². The molecule has 0 amide bonds. The van der Waals surface area contributed by atoms with E-state index in [1.54, 1.807) is 0 Å². The number of halogens is 1. The molecule has 0 radical (unpaired) electrons. The minimum Gasteiger partial charge on any atom is -0.366 e. The third-order valence-corrected chi connectivity index (χ3v) is 3.37. The molecule has 3 rings (SSSR count). The Morgan fingerprint density at radius 3 is 2.85 bits per heavy atom. The molecule has 2 aliphatic rings. The van der Waals surface area contributed by atoms with Gasteiger partial charge in [0, 0.05) is 13.0 Å². The first kappa shape index (κ1) is 7.45. The lowest BCUT2D eigenvalue weighted by Gasteiger charge is -2.28. The Hall–Kier alpha value is -0.950. The highest BCUT2D eigenvalue weighted by Gasteiger charge is 2.39. The topological polar surface area (TPSA) is 3.24 Å². The van der Waals surface area contributed by atoms with Crippen molar-refractivity contribution < 1.29 is 0 Å². The normalized spacial score (nSPS) is 28.3. The number of benzene rings is 1. The molecule has 0 fully saturated rings. The zero-order valence-electron chi connectivity index (χ0n) is 7.37. The van der Waals surface area contributed by atoms with Gasteiger partial charge in [0.1, 0.15) is 0 Å². The monoisotopic (exact) mass is 191 g/mol. The molecule has 0 N–H and O–H groups in total. The third-order valence-electron chi connectivity index (χ3n) is 3.06. The fourth-order valence-electron chi connectivity index (χ4n) is 2.30. The highest BCUT2D eigenvalue weighted by Crippen LogP contribution is 2.48. The second-order valence-electron chi connectivity index (χ2n) is 3.69. The second kappa shape index (κ2) is 2.30. The molecule has 1 aliphatic heterocycles. The molecule has 1 aromatic rings. The van der Waals surface area contributed by atoms with Crippen LogP contribution in [0.3, 0.4) is 0 Å². The SMILES string of the molecule is CN1c2c(Cl)cccc2C2C=CC21. The maximum atomic E-state index is 6.15. The predicted molar refractivity (Wildman–Crippen MR) is 55.5 cm³/mol. The van der Waals surface area contributed by atoms with E-state index in [0.717, 1.165) is 5.02 Å². The number of rotatable bonds is 0. The number of nitrogens with zero attached hydrogens (tertiary/aromatic N) is 1. The average Bonchev–Trinajstić information content (AvgIpc) is 2.19. The molecule has 1 aliphatic carbocycles. The standard InChI is InChI=1S/C11H10ClN/c1-13-10-6-5-7(10)8-3-2-4-9(12)11(8)13/h2-7,10H,1H3. The van der Waals surface area contributed by atoms with E-state index in [9.17, 15) is 0 Å². The average molecular weight is 192 g/mol. The lowest BCUT2D eigenvalue weighted by molar-refractivity contribution is 0.673. The summed E-state index contributed by atoms with van der Waals surface area (Å²) in [5, 5.41) is 0.871. The largest absolute Gasteiger partial charge is 0.366 e. The van der Waals surface area contributed by atoms with Crippen molar-refractivity contribution in [1.82, 2.24) is 0 Å². The van der Waals surface area contributed by atoms with Gasteiger partial charge in [0.25, 0.3) is 0 Å². The molecule has 2 unspecified atom stereocenters. The molecular weight excluding hydrogens is 182 g/mol. The van der Waals surface area contributed by atoms with Crippen LogP contribution in [0, 0.1) is 0 Å². The summed E-state index contributed by atoms with van der Waals surface area (Å²) in [6.45, 7) is 0. The van der Waals surface area contributed by atoms with Crippen LogP contribution in [-0.2, 0) is 0 Å². The van der Waals surface area contributed by atoms with Gasteiger partial charge in [0.2, 0.25) is 0 Å². The Bertz CT molecular complexity index is 397. The van der Waals surface area contributed by atoms with Crippen molar-refractivity contribution in [3.8, 4) is 0 Å². The highest BCUT2D eigenvalue weighted by molar-refractivity contribution is 6.33. The first-order chi connectivity index (χ1) is 6.29. The van der Waals surface area contributed by atoms with Crippen LogP contribution in [0.2, 0.25) is 5.02 Å². The van der Waals surface area contributed by atoms with Crippen molar-refractivity contribution in [2.45, 2.75) is 12.0 Å². The predicted octanol–water partition coefficient (Wildman–Crippen LogP) is 2.81. The van der Waals surface area contributed by atoms with Gasteiger partial charge >= 0.3 is 0 Å². The zero-order valence-corrected chi connectivity index (χ0v) is 8.12. The number of likely N-dealkylation sites (N-methyl/N-ethyl adjacent to an activating group) is 1. The van der Waals surface area contributed by atoms with Gasteiger partial charge in [-0.2, -0.15) is 0 Å². The van der Waals surface area contributed by atoms with Crippen molar-refractivity contribution in [1.29, 1.82) is 0 Å². The van der Waals surface area contributed by atoms with Crippen LogP contribution in [0.4, 0.5) is 5.69 Å². The van der Waals surface area contributed by atoms with E-state index in [-0.39, 0.29) is 0 Å². The summed E-state index contributed by atoms with van der Waals surface area (Å²) < 4.78 is 0. The van der Waals surface area contributed by atoms with Crippen LogP contribution in [0.1, 0.15) is 11.5 Å². The minimum absolute atomic E-state index is 0.551.